The van der Waals surface area contributed by atoms with Crippen molar-refractivity contribution in [2.45, 2.75) is 26.9 Å². The van der Waals surface area contributed by atoms with Crippen LogP contribution in [0.2, 0.25) is 0 Å². The van der Waals surface area contributed by atoms with Gasteiger partial charge in [0.05, 0.1) is 36.7 Å². The molecular formula is C25H29N3O5. The van der Waals surface area contributed by atoms with Crippen LogP contribution in [0.15, 0.2) is 35.1 Å². The number of carbonyl (C=O) groups excluding carboxylic acids is 1. The topological polar surface area (TPSA) is 93.8 Å². The van der Waals surface area contributed by atoms with Crippen molar-refractivity contribution < 1.29 is 19.0 Å². The number of ether oxygens (including phenoxy) is 3. The molecule has 0 aliphatic carbocycles. The van der Waals surface area contributed by atoms with Gasteiger partial charge in [-0.1, -0.05) is 25.1 Å². The molecule has 1 aliphatic heterocycles. The molecule has 0 unspecified atom stereocenters. The number of methoxy groups -OCH3 is 2. The largest absolute Gasteiger partial charge is 0.491 e. The van der Waals surface area contributed by atoms with Gasteiger partial charge in [-0.3, -0.25) is 4.79 Å². The molecule has 2 atom stereocenters. The van der Waals surface area contributed by atoms with Crippen molar-refractivity contribution in [2.75, 3.05) is 38.8 Å². The van der Waals surface area contributed by atoms with Crippen LogP contribution >= 0.6 is 0 Å². The van der Waals surface area contributed by atoms with Gasteiger partial charge in [0.15, 0.2) is 5.75 Å². The molecule has 0 radical (unpaired) electrons. The molecule has 3 heterocycles. The molecule has 174 valence electrons. The summed E-state index contributed by atoms with van der Waals surface area (Å²) in [5.74, 6) is 0.380. The molecule has 1 N–H and O–H groups in total. The number of pyridine rings is 2. The molecule has 8 heteroatoms. The summed E-state index contributed by atoms with van der Waals surface area (Å²) in [4.78, 5) is 36.5. The van der Waals surface area contributed by atoms with Gasteiger partial charge in [0.25, 0.3) is 0 Å². The minimum atomic E-state index is -0.698. The minimum absolute atomic E-state index is 0.0623. The second-order valence-corrected chi connectivity index (χ2v) is 8.29. The summed E-state index contributed by atoms with van der Waals surface area (Å²) in [5.41, 5.74) is 1.78. The van der Waals surface area contributed by atoms with Crippen molar-refractivity contribution in [2.24, 2.45) is 5.92 Å². The van der Waals surface area contributed by atoms with Gasteiger partial charge in [-0.05, 0) is 26.0 Å². The number of aryl methyl sites for hydroxylation is 1. The standard InChI is InChI=1S/C25H29N3O5/c1-6-33-25(30)20-21(26-15(3)23(32-5)22(20)29)17-11-16-9-7-8-10-18(16)27-24(17)28-12-14(2)19(13-28)31-4/h7-11,14,19H,6,12-13H2,1-5H3,(H,26,29)/t14-,19+/m1/s1. The Bertz CT molecular complexity index is 1250. The van der Waals surface area contributed by atoms with Crippen LogP contribution < -0.4 is 15.1 Å². The fraction of sp³-hybridized carbons (Fsp3) is 0.400. The molecule has 3 aromatic rings. The summed E-state index contributed by atoms with van der Waals surface area (Å²) in [5, 5.41) is 0.899. The number of aromatic nitrogens is 2. The molecule has 4 rings (SSSR count). The predicted octanol–water partition coefficient (Wildman–Crippen LogP) is 3.55. The van der Waals surface area contributed by atoms with E-state index in [1.165, 1.54) is 7.11 Å². The lowest BCUT2D eigenvalue weighted by atomic mass is 10.0. The molecule has 1 aliphatic rings. The van der Waals surface area contributed by atoms with Crippen LogP contribution in [-0.4, -0.2) is 56.0 Å². The van der Waals surface area contributed by atoms with Gasteiger partial charge in [-0.15, -0.1) is 0 Å². The smallest absolute Gasteiger partial charge is 0.344 e. The SMILES string of the molecule is CCOC(=O)c1c(-c2cc3ccccc3nc2N2C[C@@H](C)[C@@H](OC)C2)[nH]c(C)c(OC)c1=O. The third kappa shape index (κ3) is 4.06. The third-order valence-corrected chi connectivity index (χ3v) is 6.14. The lowest BCUT2D eigenvalue weighted by Crippen LogP contribution is -2.26. The summed E-state index contributed by atoms with van der Waals surface area (Å²) in [7, 11) is 3.12. The number of hydrogen-bond acceptors (Lipinski definition) is 7. The van der Waals surface area contributed by atoms with Crippen molar-refractivity contribution in [1.29, 1.82) is 0 Å². The first-order valence-corrected chi connectivity index (χ1v) is 11.0. The van der Waals surface area contributed by atoms with Crippen LogP contribution in [0.1, 0.15) is 29.9 Å². The zero-order chi connectivity index (χ0) is 23.7. The Morgan fingerprint density at radius 1 is 1.24 bits per heavy atom. The number of hydrogen-bond donors (Lipinski definition) is 1. The molecule has 1 aromatic carbocycles. The average Bonchev–Trinajstić information content (AvgIpc) is 3.18. The number of nitrogens with zero attached hydrogens (tertiary/aromatic N) is 2. The van der Waals surface area contributed by atoms with E-state index in [0.717, 1.165) is 17.4 Å². The number of esters is 1. The highest BCUT2D eigenvalue weighted by molar-refractivity contribution is 6.00. The van der Waals surface area contributed by atoms with Crippen LogP contribution in [0.4, 0.5) is 5.82 Å². The first-order chi connectivity index (χ1) is 15.9. The first kappa shape index (κ1) is 22.8. The number of rotatable bonds is 6. The Hall–Kier alpha value is -3.39. The van der Waals surface area contributed by atoms with E-state index < -0.39 is 11.4 Å². The van der Waals surface area contributed by atoms with Crippen LogP contribution in [0, 0.1) is 12.8 Å². The Kier molecular flexibility index (Phi) is 6.37. The number of fused-ring (bicyclic) bond motifs is 1. The first-order valence-electron chi connectivity index (χ1n) is 11.0. The summed E-state index contributed by atoms with van der Waals surface area (Å²) in [6, 6.07) is 9.73. The number of nitrogens with one attached hydrogen (secondary N) is 1. The van der Waals surface area contributed by atoms with Gasteiger partial charge in [0.1, 0.15) is 11.4 Å². The van der Waals surface area contributed by atoms with Crippen LogP contribution in [0.5, 0.6) is 5.75 Å². The molecule has 1 saturated heterocycles. The lowest BCUT2D eigenvalue weighted by molar-refractivity contribution is 0.0525. The molecule has 1 fully saturated rings. The summed E-state index contributed by atoms with van der Waals surface area (Å²) in [6.45, 7) is 7.13. The van der Waals surface area contributed by atoms with E-state index in [-0.39, 0.29) is 24.0 Å². The van der Waals surface area contributed by atoms with E-state index in [1.54, 1.807) is 21.0 Å². The summed E-state index contributed by atoms with van der Waals surface area (Å²) < 4.78 is 16.2. The maximum absolute atomic E-state index is 13.3. The van der Waals surface area contributed by atoms with Crippen molar-refractivity contribution >= 4 is 22.7 Å². The van der Waals surface area contributed by atoms with Gasteiger partial charge in [-0.25, -0.2) is 9.78 Å². The van der Waals surface area contributed by atoms with E-state index >= 15 is 0 Å². The van der Waals surface area contributed by atoms with E-state index in [2.05, 4.69) is 16.8 Å². The van der Waals surface area contributed by atoms with E-state index in [1.807, 2.05) is 30.3 Å². The molecule has 0 spiro atoms. The maximum Gasteiger partial charge on any atom is 0.344 e. The molecule has 0 amide bonds. The zero-order valence-corrected chi connectivity index (χ0v) is 19.6. The number of H-pyrrole nitrogens is 1. The Morgan fingerprint density at radius 3 is 2.67 bits per heavy atom. The third-order valence-electron chi connectivity index (χ3n) is 6.14. The van der Waals surface area contributed by atoms with Crippen LogP contribution in [0.25, 0.3) is 22.2 Å². The fourth-order valence-corrected chi connectivity index (χ4v) is 4.50. The predicted molar refractivity (Wildman–Crippen MR) is 127 cm³/mol. The van der Waals surface area contributed by atoms with Crippen LogP contribution in [0.3, 0.4) is 0 Å². The monoisotopic (exact) mass is 451 g/mol. The number of carbonyl (C=O) groups is 1. The van der Waals surface area contributed by atoms with Crippen LogP contribution in [-0.2, 0) is 9.47 Å². The van der Waals surface area contributed by atoms with Crippen molar-refractivity contribution in [3.8, 4) is 17.0 Å². The molecule has 0 saturated carbocycles. The van der Waals surface area contributed by atoms with Crippen molar-refractivity contribution in [3.63, 3.8) is 0 Å². The molecule has 8 nitrogen and oxygen atoms in total. The van der Waals surface area contributed by atoms with Gasteiger partial charge in [0.2, 0.25) is 5.43 Å². The molecule has 33 heavy (non-hydrogen) atoms. The van der Waals surface area contributed by atoms with Crippen molar-refractivity contribution in [1.82, 2.24) is 9.97 Å². The second-order valence-electron chi connectivity index (χ2n) is 8.29. The van der Waals surface area contributed by atoms with E-state index in [9.17, 15) is 9.59 Å². The van der Waals surface area contributed by atoms with Gasteiger partial charge in [-0.2, -0.15) is 0 Å². The highest BCUT2D eigenvalue weighted by Gasteiger charge is 2.33. The van der Waals surface area contributed by atoms with Gasteiger partial charge >= 0.3 is 5.97 Å². The number of anilines is 1. The quantitative estimate of drug-likeness (QED) is 0.573. The van der Waals surface area contributed by atoms with Gasteiger partial charge in [0, 0.05) is 37.1 Å². The Balaban J connectivity index is 2.01. The maximum atomic E-state index is 13.3. The van der Waals surface area contributed by atoms with Gasteiger partial charge < -0.3 is 24.1 Å². The average molecular weight is 452 g/mol. The number of aromatic amines is 1. The lowest BCUT2D eigenvalue weighted by Gasteiger charge is -2.23. The molecule has 2 aromatic heterocycles. The highest BCUT2D eigenvalue weighted by Crippen LogP contribution is 2.36. The summed E-state index contributed by atoms with van der Waals surface area (Å²) >= 11 is 0. The Morgan fingerprint density at radius 2 is 2.00 bits per heavy atom. The fourth-order valence-electron chi connectivity index (χ4n) is 4.50. The van der Waals surface area contributed by atoms with E-state index in [0.29, 0.717) is 35.2 Å². The number of benzene rings is 1. The van der Waals surface area contributed by atoms with E-state index in [4.69, 9.17) is 19.2 Å². The normalized spacial score (nSPS) is 18.0. The second kappa shape index (κ2) is 9.23. The zero-order valence-electron chi connectivity index (χ0n) is 19.6. The van der Waals surface area contributed by atoms with Crippen molar-refractivity contribution in [3.05, 3.63) is 51.8 Å². The number of para-hydroxylation sites is 1. The summed E-state index contributed by atoms with van der Waals surface area (Å²) in [6.07, 6.45) is 0.0623. The minimum Gasteiger partial charge on any atom is -0.491 e. The Labute approximate surface area is 192 Å². The molecule has 0 bridgehead atoms. The molecular weight excluding hydrogens is 422 g/mol. The highest BCUT2D eigenvalue weighted by atomic mass is 16.5.